The zero-order valence-corrected chi connectivity index (χ0v) is 16.2. The number of hydrogen-bond donors (Lipinski definition) is 1. The molecule has 1 saturated heterocycles. The highest BCUT2D eigenvalue weighted by atomic mass is 35.5. The number of rotatable bonds is 7. The van der Waals surface area contributed by atoms with Crippen molar-refractivity contribution in [2.45, 2.75) is 43.9 Å². The van der Waals surface area contributed by atoms with E-state index in [9.17, 15) is 18.0 Å². The molecule has 2 rings (SSSR count). The molecule has 1 N–H and O–H groups in total. The molecule has 0 aromatic heterocycles. The van der Waals surface area contributed by atoms with Crippen molar-refractivity contribution >= 4 is 39.2 Å². The smallest absolute Gasteiger partial charge is 0.306 e. The van der Waals surface area contributed by atoms with Gasteiger partial charge in [-0.25, -0.2) is 8.42 Å². The predicted octanol–water partition coefficient (Wildman–Crippen LogP) is 2.80. The zero-order valence-electron chi connectivity index (χ0n) is 14.7. The number of nitrogens with zero attached hydrogens (tertiary/aromatic N) is 1. The molecule has 0 atom stereocenters. The summed E-state index contributed by atoms with van der Waals surface area (Å²) in [6.07, 6.45) is 3.55. The van der Waals surface area contributed by atoms with E-state index in [-0.39, 0.29) is 22.0 Å². The van der Waals surface area contributed by atoms with Gasteiger partial charge in [-0.1, -0.05) is 24.9 Å². The van der Waals surface area contributed by atoms with Crippen molar-refractivity contribution in [3.8, 4) is 0 Å². The quantitative estimate of drug-likeness (QED) is 0.708. The van der Waals surface area contributed by atoms with Crippen molar-refractivity contribution in [3.05, 3.63) is 23.2 Å². The molecule has 1 aromatic rings. The van der Waals surface area contributed by atoms with Crippen LogP contribution in [0.5, 0.6) is 0 Å². The molecule has 0 spiro atoms. The summed E-state index contributed by atoms with van der Waals surface area (Å²) < 4.78 is 31.7. The van der Waals surface area contributed by atoms with Crippen molar-refractivity contribution in [3.63, 3.8) is 0 Å². The van der Waals surface area contributed by atoms with Gasteiger partial charge < -0.3 is 10.1 Å². The van der Waals surface area contributed by atoms with E-state index in [1.165, 1.54) is 22.5 Å². The fourth-order valence-corrected chi connectivity index (χ4v) is 4.33. The maximum absolute atomic E-state index is 12.7. The third-order valence-electron chi connectivity index (χ3n) is 3.98. The molecule has 1 heterocycles. The highest BCUT2D eigenvalue weighted by Gasteiger charge is 2.26. The lowest BCUT2D eigenvalue weighted by Gasteiger charge is -2.26. The van der Waals surface area contributed by atoms with E-state index < -0.39 is 28.5 Å². The summed E-state index contributed by atoms with van der Waals surface area (Å²) in [4.78, 5) is 23.3. The van der Waals surface area contributed by atoms with Crippen LogP contribution in [-0.4, -0.2) is 44.3 Å². The fraction of sp³-hybridized carbons (Fsp3) is 0.529. The van der Waals surface area contributed by atoms with Crippen LogP contribution in [0.3, 0.4) is 0 Å². The standard InChI is InChI=1S/C17H23ClN2O5S/c1-2-6-17(22)25-12-16(21)19-15-11-13(7-8-14(15)18)26(23,24)20-9-4-3-5-10-20/h7-8,11H,2-6,9-10,12H2,1H3,(H,19,21). The van der Waals surface area contributed by atoms with Gasteiger partial charge in [-0.2, -0.15) is 4.31 Å². The van der Waals surface area contributed by atoms with Crippen LogP contribution in [-0.2, 0) is 24.3 Å². The van der Waals surface area contributed by atoms with Gasteiger partial charge in [0.1, 0.15) is 0 Å². The Balaban J connectivity index is 2.09. The summed E-state index contributed by atoms with van der Waals surface area (Å²) in [5.41, 5.74) is 0.168. The zero-order chi connectivity index (χ0) is 19.2. The molecular weight excluding hydrogens is 380 g/mol. The summed E-state index contributed by atoms with van der Waals surface area (Å²) in [5, 5.41) is 2.70. The summed E-state index contributed by atoms with van der Waals surface area (Å²) in [6, 6.07) is 4.18. The van der Waals surface area contributed by atoms with Gasteiger partial charge in [0.25, 0.3) is 5.91 Å². The number of benzene rings is 1. The lowest BCUT2D eigenvalue weighted by atomic mass is 10.2. The first kappa shape index (κ1) is 20.7. The fourth-order valence-electron chi connectivity index (χ4n) is 2.62. The minimum atomic E-state index is -3.63. The van der Waals surface area contributed by atoms with Gasteiger partial charge in [0.05, 0.1) is 15.6 Å². The van der Waals surface area contributed by atoms with Gasteiger partial charge in [0.2, 0.25) is 10.0 Å². The van der Waals surface area contributed by atoms with Crippen LogP contribution in [0.25, 0.3) is 0 Å². The monoisotopic (exact) mass is 402 g/mol. The Bertz CT molecular complexity index is 760. The van der Waals surface area contributed by atoms with Crippen molar-refractivity contribution < 1.29 is 22.7 Å². The Kier molecular flexibility index (Phi) is 7.43. The second-order valence-corrected chi connectivity index (χ2v) is 8.41. The first-order valence-corrected chi connectivity index (χ1v) is 10.4. The van der Waals surface area contributed by atoms with Crippen LogP contribution < -0.4 is 5.32 Å². The SMILES string of the molecule is CCCC(=O)OCC(=O)Nc1cc(S(=O)(=O)N2CCCCC2)ccc1Cl. The Hall–Kier alpha value is -1.64. The van der Waals surface area contributed by atoms with E-state index in [0.717, 1.165) is 19.3 Å². The number of nitrogens with one attached hydrogen (secondary N) is 1. The molecule has 1 amide bonds. The number of sulfonamides is 1. The van der Waals surface area contributed by atoms with Crippen molar-refractivity contribution in [1.29, 1.82) is 0 Å². The molecule has 9 heteroatoms. The van der Waals surface area contributed by atoms with Crippen LogP contribution in [0.15, 0.2) is 23.1 Å². The average molecular weight is 403 g/mol. The second kappa shape index (κ2) is 9.34. The van der Waals surface area contributed by atoms with E-state index in [1.807, 2.05) is 6.92 Å². The van der Waals surface area contributed by atoms with E-state index in [0.29, 0.717) is 19.5 Å². The Morgan fingerprint density at radius 1 is 1.23 bits per heavy atom. The third-order valence-corrected chi connectivity index (χ3v) is 6.21. The maximum Gasteiger partial charge on any atom is 0.306 e. The number of carbonyl (C=O) groups is 2. The minimum Gasteiger partial charge on any atom is -0.456 e. The number of piperidine rings is 1. The third kappa shape index (κ3) is 5.43. The summed E-state index contributed by atoms with van der Waals surface area (Å²) in [5.74, 6) is -1.04. The van der Waals surface area contributed by atoms with E-state index in [4.69, 9.17) is 16.3 Å². The van der Waals surface area contributed by atoms with Crippen molar-refractivity contribution in [2.75, 3.05) is 25.0 Å². The Labute approximate surface area is 158 Å². The molecule has 0 saturated carbocycles. The van der Waals surface area contributed by atoms with E-state index >= 15 is 0 Å². The number of halogens is 1. The topological polar surface area (TPSA) is 92.8 Å². The minimum absolute atomic E-state index is 0.0714. The number of anilines is 1. The molecule has 1 aliphatic rings. The van der Waals surface area contributed by atoms with Gasteiger partial charge in [0, 0.05) is 19.5 Å². The predicted molar refractivity (Wildman–Crippen MR) is 98.6 cm³/mol. The Morgan fingerprint density at radius 2 is 1.92 bits per heavy atom. The molecule has 0 aliphatic carbocycles. The lowest BCUT2D eigenvalue weighted by molar-refractivity contribution is -0.147. The molecule has 1 aromatic carbocycles. The largest absolute Gasteiger partial charge is 0.456 e. The van der Waals surface area contributed by atoms with E-state index in [2.05, 4.69) is 5.32 Å². The average Bonchev–Trinajstić information content (AvgIpc) is 2.62. The van der Waals surface area contributed by atoms with Crippen molar-refractivity contribution in [1.82, 2.24) is 4.31 Å². The van der Waals surface area contributed by atoms with Gasteiger partial charge in [0.15, 0.2) is 6.61 Å². The van der Waals surface area contributed by atoms with Gasteiger partial charge >= 0.3 is 5.97 Å². The molecule has 0 unspecified atom stereocenters. The first-order valence-electron chi connectivity index (χ1n) is 8.59. The highest BCUT2D eigenvalue weighted by molar-refractivity contribution is 7.89. The molecule has 26 heavy (non-hydrogen) atoms. The number of carbonyl (C=O) groups excluding carboxylic acids is 2. The van der Waals surface area contributed by atoms with Gasteiger partial charge in [-0.05, 0) is 37.5 Å². The number of esters is 1. The maximum atomic E-state index is 12.7. The number of ether oxygens (including phenoxy) is 1. The van der Waals surface area contributed by atoms with E-state index in [1.54, 1.807) is 0 Å². The molecular formula is C17H23ClN2O5S. The number of hydrogen-bond acceptors (Lipinski definition) is 5. The van der Waals surface area contributed by atoms with Crippen LogP contribution in [0, 0.1) is 0 Å². The highest BCUT2D eigenvalue weighted by Crippen LogP contribution is 2.28. The van der Waals surface area contributed by atoms with Crippen molar-refractivity contribution in [2.24, 2.45) is 0 Å². The van der Waals surface area contributed by atoms with Gasteiger partial charge in [-0.3, -0.25) is 9.59 Å². The molecule has 144 valence electrons. The summed E-state index contributed by atoms with van der Waals surface area (Å²) >= 11 is 6.06. The molecule has 1 aliphatic heterocycles. The number of amides is 1. The lowest BCUT2D eigenvalue weighted by Crippen LogP contribution is -2.35. The molecule has 0 radical (unpaired) electrons. The molecule has 1 fully saturated rings. The van der Waals surface area contributed by atoms with Crippen LogP contribution in [0.2, 0.25) is 5.02 Å². The van der Waals surface area contributed by atoms with Crippen LogP contribution >= 0.6 is 11.6 Å². The normalized spacial score (nSPS) is 15.5. The summed E-state index contributed by atoms with van der Waals surface area (Å²) in [6.45, 7) is 2.35. The first-order chi connectivity index (χ1) is 12.3. The summed E-state index contributed by atoms with van der Waals surface area (Å²) in [7, 11) is -3.63. The second-order valence-electron chi connectivity index (χ2n) is 6.07. The Morgan fingerprint density at radius 3 is 2.58 bits per heavy atom. The molecule has 0 bridgehead atoms. The van der Waals surface area contributed by atoms with Crippen LogP contribution in [0.1, 0.15) is 39.0 Å². The van der Waals surface area contributed by atoms with Gasteiger partial charge in [-0.15, -0.1) is 0 Å². The van der Waals surface area contributed by atoms with Crippen LogP contribution in [0.4, 0.5) is 5.69 Å². The molecule has 7 nitrogen and oxygen atoms in total.